The van der Waals surface area contributed by atoms with Gasteiger partial charge in [0.1, 0.15) is 5.60 Å². The average molecular weight is 314 g/mol. The number of aliphatic hydroxyl groups excluding tert-OH is 1. The largest absolute Gasteiger partial charge is 0.444 e. The number of aliphatic hydroxyl groups is 1. The molecule has 5 heteroatoms. The molecule has 0 radical (unpaired) electrons. The van der Waals surface area contributed by atoms with E-state index in [2.05, 4.69) is 19.2 Å². The van der Waals surface area contributed by atoms with Crippen molar-refractivity contribution in [2.75, 3.05) is 13.2 Å². The Morgan fingerprint density at radius 2 is 2.00 bits per heavy atom. The van der Waals surface area contributed by atoms with E-state index < -0.39 is 5.60 Å². The predicted molar refractivity (Wildman–Crippen MR) is 88.9 cm³/mol. The van der Waals surface area contributed by atoms with Gasteiger partial charge in [-0.05, 0) is 59.8 Å². The van der Waals surface area contributed by atoms with Crippen LogP contribution in [0.1, 0.15) is 60.8 Å². The van der Waals surface area contributed by atoms with E-state index in [1.807, 2.05) is 32.6 Å². The number of amides is 1. The highest BCUT2D eigenvalue weighted by molar-refractivity contribution is 5.68. The first kappa shape index (κ1) is 19.2. The second-order valence-corrected chi connectivity index (χ2v) is 7.72. The standard InChI is InChI=1S/C17H34N2O3/c1-12(11-20)14(3)18-13(2)10-15-8-7-9-19(15)16(21)22-17(4,5)6/h12-15,18,20H,7-11H2,1-6H3. The van der Waals surface area contributed by atoms with Crippen molar-refractivity contribution in [1.82, 2.24) is 10.2 Å². The first-order chi connectivity index (χ1) is 10.1. The Morgan fingerprint density at radius 1 is 1.36 bits per heavy atom. The summed E-state index contributed by atoms with van der Waals surface area (Å²) < 4.78 is 5.50. The van der Waals surface area contributed by atoms with E-state index in [4.69, 9.17) is 4.74 Å². The van der Waals surface area contributed by atoms with Gasteiger partial charge >= 0.3 is 6.09 Å². The number of carbonyl (C=O) groups excluding carboxylic acids is 1. The molecule has 22 heavy (non-hydrogen) atoms. The van der Waals surface area contributed by atoms with Crippen molar-refractivity contribution in [3.8, 4) is 0 Å². The lowest BCUT2D eigenvalue weighted by Gasteiger charge is -2.31. The van der Waals surface area contributed by atoms with Gasteiger partial charge in [-0.2, -0.15) is 0 Å². The molecule has 0 aromatic heterocycles. The first-order valence-electron chi connectivity index (χ1n) is 8.50. The summed E-state index contributed by atoms with van der Waals surface area (Å²) in [6.45, 7) is 13.0. The molecule has 0 aromatic carbocycles. The van der Waals surface area contributed by atoms with E-state index in [1.54, 1.807) is 0 Å². The van der Waals surface area contributed by atoms with Gasteiger partial charge in [0.2, 0.25) is 0 Å². The van der Waals surface area contributed by atoms with Crippen molar-refractivity contribution in [2.45, 2.75) is 84.5 Å². The summed E-state index contributed by atoms with van der Waals surface area (Å²) in [4.78, 5) is 14.2. The molecule has 0 spiro atoms. The molecule has 0 bridgehead atoms. The zero-order chi connectivity index (χ0) is 16.9. The second-order valence-electron chi connectivity index (χ2n) is 7.72. The van der Waals surface area contributed by atoms with Crippen LogP contribution in [0.4, 0.5) is 4.79 Å². The zero-order valence-electron chi connectivity index (χ0n) is 15.1. The van der Waals surface area contributed by atoms with E-state index >= 15 is 0 Å². The van der Waals surface area contributed by atoms with Crippen LogP contribution in [0.15, 0.2) is 0 Å². The van der Waals surface area contributed by atoms with Crippen LogP contribution >= 0.6 is 0 Å². The van der Waals surface area contributed by atoms with Gasteiger partial charge in [0.25, 0.3) is 0 Å². The minimum Gasteiger partial charge on any atom is -0.444 e. The van der Waals surface area contributed by atoms with Crippen molar-refractivity contribution in [3.63, 3.8) is 0 Å². The number of ether oxygens (including phenoxy) is 1. The number of nitrogens with zero attached hydrogens (tertiary/aromatic N) is 1. The van der Waals surface area contributed by atoms with Crippen LogP contribution in [-0.4, -0.2) is 53.0 Å². The molecule has 5 nitrogen and oxygen atoms in total. The Hall–Kier alpha value is -0.810. The molecule has 0 aliphatic carbocycles. The lowest BCUT2D eigenvalue weighted by Crippen LogP contribution is -2.45. The van der Waals surface area contributed by atoms with Crippen molar-refractivity contribution >= 4 is 6.09 Å². The van der Waals surface area contributed by atoms with Gasteiger partial charge in [0, 0.05) is 31.3 Å². The second kappa shape index (κ2) is 8.16. The highest BCUT2D eigenvalue weighted by atomic mass is 16.6. The summed E-state index contributed by atoms with van der Waals surface area (Å²) in [5.41, 5.74) is -0.445. The Labute approximate surface area is 135 Å². The van der Waals surface area contributed by atoms with Gasteiger partial charge in [0.15, 0.2) is 0 Å². The third-order valence-electron chi connectivity index (χ3n) is 4.32. The molecule has 0 aromatic rings. The number of nitrogens with one attached hydrogen (secondary N) is 1. The highest BCUT2D eigenvalue weighted by Crippen LogP contribution is 2.24. The van der Waals surface area contributed by atoms with E-state index in [0.29, 0.717) is 6.04 Å². The van der Waals surface area contributed by atoms with Crippen molar-refractivity contribution in [2.24, 2.45) is 5.92 Å². The fourth-order valence-electron chi connectivity index (χ4n) is 2.89. The molecule has 0 saturated carbocycles. The van der Waals surface area contributed by atoms with E-state index in [9.17, 15) is 9.90 Å². The third kappa shape index (κ3) is 6.13. The Balaban J connectivity index is 2.51. The number of hydrogen-bond donors (Lipinski definition) is 2. The molecule has 1 rings (SSSR count). The Bertz CT molecular complexity index is 354. The Morgan fingerprint density at radius 3 is 2.55 bits per heavy atom. The number of hydrogen-bond acceptors (Lipinski definition) is 4. The van der Waals surface area contributed by atoms with Crippen LogP contribution in [-0.2, 0) is 4.74 Å². The van der Waals surface area contributed by atoms with Crippen LogP contribution in [0.2, 0.25) is 0 Å². The first-order valence-corrected chi connectivity index (χ1v) is 8.50. The molecule has 130 valence electrons. The Kier molecular flexibility index (Phi) is 7.13. The van der Waals surface area contributed by atoms with Gasteiger partial charge in [-0.1, -0.05) is 6.92 Å². The van der Waals surface area contributed by atoms with Gasteiger partial charge in [0.05, 0.1) is 0 Å². The molecular weight excluding hydrogens is 280 g/mol. The van der Waals surface area contributed by atoms with Crippen LogP contribution in [0.3, 0.4) is 0 Å². The molecule has 4 unspecified atom stereocenters. The maximum atomic E-state index is 12.3. The normalized spacial score (nSPS) is 23.2. The van der Waals surface area contributed by atoms with Crippen LogP contribution in [0.5, 0.6) is 0 Å². The van der Waals surface area contributed by atoms with E-state index in [-0.39, 0.29) is 30.7 Å². The minimum atomic E-state index is -0.445. The van der Waals surface area contributed by atoms with E-state index in [0.717, 1.165) is 25.8 Å². The lowest BCUT2D eigenvalue weighted by molar-refractivity contribution is 0.0213. The summed E-state index contributed by atoms with van der Waals surface area (Å²) in [6, 6.07) is 0.808. The van der Waals surface area contributed by atoms with Gasteiger partial charge < -0.3 is 20.1 Å². The molecule has 1 fully saturated rings. The van der Waals surface area contributed by atoms with Crippen LogP contribution < -0.4 is 5.32 Å². The zero-order valence-corrected chi connectivity index (χ0v) is 15.1. The summed E-state index contributed by atoms with van der Waals surface area (Å²) in [6.07, 6.45) is 2.80. The maximum Gasteiger partial charge on any atom is 0.410 e. The third-order valence-corrected chi connectivity index (χ3v) is 4.32. The van der Waals surface area contributed by atoms with Gasteiger partial charge in [-0.15, -0.1) is 0 Å². The fourth-order valence-corrected chi connectivity index (χ4v) is 2.89. The average Bonchev–Trinajstić information content (AvgIpc) is 2.83. The predicted octanol–water partition coefficient (Wildman–Crippen LogP) is 2.77. The summed E-state index contributed by atoms with van der Waals surface area (Å²) >= 11 is 0. The van der Waals surface area contributed by atoms with Crippen molar-refractivity contribution in [1.29, 1.82) is 0 Å². The summed E-state index contributed by atoms with van der Waals surface area (Å²) in [5, 5.41) is 12.7. The topological polar surface area (TPSA) is 61.8 Å². The number of likely N-dealkylation sites (tertiary alicyclic amines) is 1. The fraction of sp³-hybridized carbons (Fsp3) is 0.941. The molecule has 1 aliphatic heterocycles. The molecule has 1 saturated heterocycles. The van der Waals surface area contributed by atoms with Gasteiger partial charge in [-0.3, -0.25) is 0 Å². The summed E-state index contributed by atoms with van der Waals surface area (Å²) in [5.74, 6) is 0.230. The van der Waals surface area contributed by atoms with Gasteiger partial charge in [-0.25, -0.2) is 4.79 Å². The summed E-state index contributed by atoms with van der Waals surface area (Å²) in [7, 11) is 0. The molecular formula is C17H34N2O3. The van der Waals surface area contributed by atoms with Crippen LogP contribution in [0, 0.1) is 5.92 Å². The maximum absolute atomic E-state index is 12.3. The molecule has 4 atom stereocenters. The molecule has 1 amide bonds. The van der Waals surface area contributed by atoms with Crippen molar-refractivity contribution < 1.29 is 14.6 Å². The SMILES string of the molecule is CC(CC1CCCN1C(=O)OC(C)(C)C)NC(C)C(C)CO. The highest BCUT2D eigenvalue weighted by Gasteiger charge is 2.33. The monoisotopic (exact) mass is 314 g/mol. The molecule has 1 heterocycles. The van der Waals surface area contributed by atoms with Crippen LogP contribution in [0.25, 0.3) is 0 Å². The number of rotatable bonds is 6. The number of carbonyl (C=O) groups is 1. The van der Waals surface area contributed by atoms with Crippen molar-refractivity contribution in [3.05, 3.63) is 0 Å². The lowest BCUT2D eigenvalue weighted by atomic mass is 10.0. The quantitative estimate of drug-likeness (QED) is 0.791. The minimum absolute atomic E-state index is 0.189. The molecule has 2 N–H and O–H groups in total. The van der Waals surface area contributed by atoms with E-state index in [1.165, 1.54) is 0 Å². The smallest absolute Gasteiger partial charge is 0.410 e. The molecule has 1 aliphatic rings.